The minimum atomic E-state index is -0.112. The van der Waals surface area contributed by atoms with Crippen molar-refractivity contribution in [2.45, 2.75) is 31.7 Å². The van der Waals surface area contributed by atoms with Gasteiger partial charge in [0.1, 0.15) is 5.69 Å². The molecule has 2 aromatic heterocycles. The summed E-state index contributed by atoms with van der Waals surface area (Å²) in [6.45, 7) is 1.98. The molecular weight excluding hydrogens is 246 g/mol. The molecule has 3 rings (SSSR count). The van der Waals surface area contributed by atoms with E-state index in [2.05, 4.69) is 15.5 Å². The highest BCUT2D eigenvalue weighted by atomic mass is 32.1. The largest absolute Gasteiger partial charge is 0.343 e. The van der Waals surface area contributed by atoms with Gasteiger partial charge in [-0.05, 0) is 37.3 Å². The summed E-state index contributed by atoms with van der Waals surface area (Å²) in [4.78, 5) is 13.2. The summed E-state index contributed by atoms with van der Waals surface area (Å²) in [5.74, 6) is 0.479. The number of hydrogen-bond donors (Lipinski definition) is 2. The molecule has 2 aromatic rings. The molecule has 94 valence electrons. The van der Waals surface area contributed by atoms with Crippen molar-refractivity contribution in [2.24, 2.45) is 0 Å². The summed E-state index contributed by atoms with van der Waals surface area (Å²) in [7, 11) is 0. The van der Waals surface area contributed by atoms with Crippen molar-refractivity contribution in [2.75, 3.05) is 0 Å². The lowest BCUT2D eigenvalue weighted by Gasteiger charge is -2.10. The lowest BCUT2D eigenvalue weighted by molar-refractivity contribution is 0.0935. The normalized spacial score (nSPS) is 16.5. The molecule has 2 N–H and O–H groups in total. The summed E-state index contributed by atoms with van der Waals surface area (Å²) in [5.41, 5.74) is 1.57. The third-order valence-corrected chi connectivity index (χ3v) is 4.22. The molecule has 0 saturated heterocycles. The van der Waals surface area contributed by atoms with Gasteiger partial charge in [0, 0.05) is 16.5 Å². The van der Waals surface area contributed by atoms with E-state index in [4.69, 9.17) is 0 Å². The molecule has 1 aliphatic rings. The average Bonchev–Trinajstić information content (AvgIpc) is 2.91. The molecule has 0 bridgehead atoms. The number of aromatic amines is 1. The van der Waals surface area contributed by atoms with E-state index in [0.29, 0.717) is 11.6 Å². The summed E-state index contributed by atoms with van der Waals surface area (Å²) in [6.07, 6.45) is 2.41. The molecule has 0 radical (unpaired) electrons. The topological polar surface area (TPSA) is 57.8 Å². The van der Waals surface area contributed by atoms with E-state index in [1.807, 2.05) is 30.5 Å². The number of nitrogens with zero attached hydrogens (tertiary/aromatic N) is 1. The number of carbonyl (C=O) groups excluding carboxylic acids is 1. The average molecular weight is 261 g/mol. The highest BCUT2D eigenvalue weighted by molar-refractivity contribution is 7.10. The molecule has 4 nitrogen and oxygen atoms in total. The van der Waals surface area contributed by atoms with Gasteiger partial charge in [-0.15, -0.1) is 11.3 Å². The maximum absolute atomic E-state index is 12.0. The first kappa shape index (κ1) is 11.5. The molecule has 0 aromatic carbocycles. The van der Waals surface area contributed by atoms with E-state index in [-0.39, 0.29) is 11.9 Å². The molecule has 5 heteroatoms. The van der Waals surface area contributed by atoms with Gasteiger partial charge in [-0.3, -0.25) is 9.89 Å². The third-order valence-electron chi connectivity index (χ3n) is 3.17. The summed E-state index contributed by atoms with van der Waals surface area (Å²) >= 11 is 1.65. The van der Waals surface area contributed by atoms with Crippen LogP contribution in [0.1, 0.15) is 52.8 Å². The van der Waals surface area contributed by atoms with Crippen LogP contribution in [-0.4, -0.2) is 16.1 Å². The molecule has 0 aliphatic heterocycles. The zero-order chi connectivity index (χ0) is 12.5. The summed E-state index contributed by atoms with van der Waals surface area (Å²) in [5, 5.41) is 12.0. The third kappa shape index (κ3) is 2.31. The van der Waals surface area contributed by atoms with Crippen LogP contribution in [0.25, 0.3) is 0 Å². The van der Waals surface area contributed by atoms with E-state index >= 15 is 0 Å². The first-order valence-electron chi connectivity index (χ1n) is 6.13. The van der Waals surface area contributed by atoms with Gasteiger partial charge in [-0.1, -0.05) is 6.07 Å². The summed E-state index contributed by atoms with van der Waals surface area (Å²) in [6, 6.07) is 5.91. The molecule has 1 atom stereocenters. The fourth-order valence-electron chi connectivity index (χ4n) is 1.94. The maximum atomic E-state index is 12.0. The van der Waals surface area contributed by atoms with Gasteiger partial charge in [0.2, 0.25) is 0 Å². The highest BCUT2D eigenvalue weighted by Gasteiger charge is 2.26. The molecule has 1 saturated carbocycles. The van der Waals surface area contributed by atoms with Crippen LogP contribution >= 0.6 is 11.3 Å². The monoisotopic (exact) mass is 261 g/mol. The second kappa shape index (κ2) is 4.57. The van der Waals surface area contributed by atoms with Crippen LogP contribution in [0.5, 0.6) is 0 Å². The van der Waals surface area contributed by atoms with Crippen LogP contribution in [-0.2, 0) is 0 Å². The molecule has 1 amide bonds. The Morgan fingerprint density at radius 3 is 3.11 bits per heavy atom. The molecule has 1 unspecified atom stereocenters. The molecular formula is C13H15N3OS. The maximum Gasteiger partial charge on any atom is 0.272 e. The molecule has 2 heterocycles. The Morgan fingerprint density at radius 1 is 1.61 bits per heavy atom. The fraction of sp³-hybridized carbons (Fsp3) is 0.385. The van der Waals surface area contributed by atoms with Crippen LogP contribution in [0.3, 0.4) is 0 Å². The van der Waals surface area contributed by atoms with E-state index in [1.165, 1.54) is 12.8 Å². The second-order valence-corrected chi connectivity index (χ2v) is 5.67. The Kier molecular flexibility index (Phi) is 2.91. The molecule has 1 aliphatic carbocycles. The van der Waals surface area contributed by atoms with Gasteiger partial charge >= 0.3 is 0 Å². The molecule has 1 fully saturated rings. The van der Waals surface area contributed by atoms with Crippen molar-refractivity contribution < 1.29 is 4.79 Å². The number of nitrogens with one attached hydrogen (secondary N) is 2. The van der Waals surface area contributed by atoms with Gasteiger partial charge in [0.25, 0.3) is 5.91 Å². The Bertz CT molecular complexity index is 542. The van der Waals surface area contributed by atoms with E-state index in [1.54, 1.807) is 11.3 Å². The van der Waals surface area contributed by atoms with E-state index in [9.17, 15) is 4.79 Å². The quantitative estimate of drug-likeness (QED) is 0.889. The summed E-state index contributed by atoms with van der Waals surface area (Å²) < 4.78 is 0. The molecule has 18 heavy (non-hydrogen) atoms. The lowest BCUT2D eigenvalue weighted by Crippen LogP contribution is -2.26. The first-order chi connectivity index (χ1) is 8.74. The smallest absolute Gasteiger partial charge is 0.272 e. The minimum Gasteiger partial charge on any atom is -0.343 e. The number of amides is 1. The van der Waals surface area contributed by atoms with Gasteiger partial charge in [0.15, 0.2) is 0 Å². The van der Waals surface area contributed by atoms with Crippen LogP contribution in [0, 0.1) is 0 Å². The van der Waals surface area contributed by atoms with Gasteiger partial charge in [-0.2, -0.15) is 5.10 Å². The lowest BCUT2D eigenvalue weighted by atomic mass is 10.2. The van der Waals surface area contributed by atoms with E-state index < -0.39 is 0 Å². The Hall–Kier alpha value is -1.62. The zero-order valence-electron chi connectivity index (χ0n) is 10.1. The Morgan fingerprint density at radius 2 is 2.44 bits per heavy atom. The second-order valence-electron chi connectivity index (χ2n) is 4.69. The standard InChI is InChI=1S/C13H15N3OS/c1-8(12-3-2-6-18-12)14-13(17)11-7-10(15-16-11)9-4-5-9/h2-3,6-9H,4-5H2,1H3,(H,14,17)(H,15,16). The SMILES string of the molecule is CC(NC(=O)c1cc(C2CC2)[nH]n1)c1cccs1. The van der Waals surface area contributed by atoms with Crippen molar-refractivity contribution in [3.05, 3.63) is 39.8 Å². The van der Waals surface area contributed by atoms with Crippen molar-refractivity contribution >= 4 is 17.2 Å². The number of thiophene rings is 1. The number of H-pyrrole nitrogens is 1. The zero-order valence-corrected chi connectivity index (χ0v) is 11.0. The number of carbonyl (C=O) groups is 1. The highest BCUT2D eigenvalue weighted by Crippen LogP contribution is 2.39. The van der Waals surface area contributed by atoms with Gasteiger partial charge < -0.3 is 5.32 Å². The molecule has 0 spiro atoms. The van der Waals surface area contributed by atoms with E-state index in [0.717, 1.165) is 10.6 Å². The van der Waals surface area contributed by atoms with Gasteiger partial charge in [-0.25, -0.2) is 0 Å². The first-order valence-corrected chi connectivity index (χ1v) is 7.01. The predicted octanol–water partition coefficient (Wildman–Crippen LogP) is 2.84. The van der Waals surface area contributed by atoms with Gasteiger partial charge in [0.05, 0.1) is 6.04 Å². The van der Waals surface area contributed by atoms with Crippen molar-refractivity contribution in [1.82, 2.24) is 15.5 Å². The van der Waals surface area contributed by atoms with Crippen molar-refractivity contribution in [1.29, 1.82) is 0 Å². The predicted molar refractivity (Wildman–Crippen MR) is 70.8 cm³/mol. The van der Waals surface area contributed by atoms with Crippen LogP contribution in [0.4, 0.5) is 0 Å². The van der Waals surface area contributed by atoms with Crippen molar-refractivity contribution in [3.63, 3.8) is 0 Å². The van der Waals surface area contributed by atoms with Crippen molar-refractivity contribution in [3.8, 4) is 0 Å². The number of rotatable bonds is 4. The Balaban J connectivity index is 1.66. The number of hydrogen-bond acceptors (Lipinski definition) is 3. The van der Waals surface area contributed by atoms with Crippen LogP contribution in [0.2, 0.25) is 0 Å². The minimum absolute atomic E-state index is 0.0265. The Labute approximate surface area is 109 Å². The number of aromatic nitrogens is 2. The van der Waals surface area contributed by atoms with Crippen LogP contribution < -0.4 is 5.32 Å². The van der Waals surface area contributed by atoms with Crippen LogP contribution in [0.15, 0.2) is 23.6 Å². The fourth-order valence-corrected chi connectivity index (χ4v) is 2.67.